The van der Waals surface area contributed by atoms with Gasteiger partial charge in [-0.05, 0) is 68.4 Å². The molecular weight excluding hydrogens is 716 g/mol. The number of anilines is 1. The SMILES string of the molecule is Cc1cc2c(cc1OCCCC(=O)Nc1cn(C)c(C(=O)Cc3ccc(-c4cc(C(=O)NCCCOC(=O)[C@H](C)N)n(C)c4)cc3)n1)N=C[C@@H]1CCCN1C2=O. The zero-order valence-corrected chi connectivity index (χ0v) is 32.2. The number of hydrogen-bond donors (Lipinski definition) is 3. The first-order chi connectivity index (χ1) is 26.9. The van der Waals surface area contributed by atoms with E-state index in [1.54, 1.807) is 48.5 Å². The summed E-state index contributed by atoms with van der Waals surface area (Å²) in [6, 6.07) is 12.3. The molecule has 0 radical (unpaired) electrons. The summed E-state index contributed by atoms with van der Waals surface area (Å²) in [6.45, 7) is 4.99. The third kappa shape index (κ3) is 9.40. The van der Waals surface area contributed by atoms with Crippen LogP contribution in [-0.4, -0.2) is 93.1 Å². The molecule has 2 aliphatic heterocycles. The van der Waals surface area contributed by atoms with Crippen molar-refractivity contribution >= 4 is 47.2 Å². The Bertz CT molecular complexity index is 2150. The summed E-state index contributed by atoms with van der Waals surface area (Å²) in [6.07, 6.45) is 8.41. The number of aryl methyl sites for hydroxylation is 3. The van der Waals surface area contributed by atoms with Crippen LogP contribution in [0.4, 0.5) is 11.5 Å². The zero-order chi connectivity index (χ0) is 39.9. The molecule has 15 heteroatoms. The second-order valence-electron chi connectivity index (χ2n) is 14.3. The summed E-state index contributed by atoms with van der Waals surface area (Å²) >= 11 is 0. The highest BCUT2D eigenvalue weighted by Crippen LogP contribution is 2.34. The van der Waals surface area contributed by atoms with Gasteiger partial charge < -0.3 is 39.9 Å². The van der Waals surface area contributed by atoms with Crippen LogP contribution in [0.15, 0.2) is 59.9 Å². The maximum Gasteiger partial charge on any atom is 0.322 e. The predicted molar refractivity (Wildman–Crippen MR) is 210 cm³/mol. The molecule has 2 aromatic heterocycles. The Morgan fingerprint density at radius 2 is 1.79 bits per heavy atom. The summed E-state index contributed by atoms with van der Waals surface area (Å²) in [4.78, 5) is 74.1. The minimum absolute atomic E-state index is 0.00169. The molecule has 294 valence electrons. The Labute approximate surface area is 325 Å². The smallest absolute Gasteiger partial charge is 0.322 e. The van der Waals surface area contributed by atoms with Gasteiger partial charge in [-0.15, -0.1) is 0 Å². The van der Waals surface area contributed by atoms with Crippen LogP contribution in [0.3, 0.4) is 0 Å². The van der Waals surface area contributed by atoms with Gasteiger partial charge in [0.2, 0.25) is 11.7 Å². The largest absolute Gasteiger partial charge is 0.493 e. The molecule has 15 nitrogen and oxygen atoms in total. The van der Waals surface area contributed by atoms with E-state index in [1.807, 2.05) is 54.6 Å². The minimum Gasteiger partial charge on any atom is -0.493 e. The van der Waals surface area contributed by atoms with Gasteiger partial charge in [-0.2, -0.15) is 0 Å². The molecule has 0 unspecified atom stereocenters. The lowest BCUT2D eigenvalue weighted by atomic mass is 10.0. The van der Waals surface area contributed by atoms with Crippen molar-refractivity contribution in [3.05, 3.63) is 83.1 Å². The number of nitrogens with one attached hydrogen (secondary N) is 2. The number of fused-ring (bicyclic) bond motifs is 2. The van der Waals surface area contributed by atoms with Crippen LogP contribution in [0, 0.1) is 6.92 Å². The van der Waals surface area contributed by atoms with Gasteiger partial charge in [-0.3, -0.25) is 29.0 Å². The molecule has 1 saturated heterocycles. The second kappa shape index (κ2) is 17.6. The molecule has 4 aromatic rings. The molecule has 4 heterocycles. The zero-order valence-electron chi connectivity index (χ0n) is 32.2. The Hall–Kier alpha value is -6.09. The van der Waals surface area contributed by atoms with Crippen LogP contribution in [0.2, 0.25) is 0 Å². The van der Waals surface area contributed by atoms with E-state index in [4.69, 9.17) is 15.2 Å². The van der Waals surface area contributed by atoms with Gasteiger partial charge in [0.25, 0.3) is 11.8 Å². The molecule has 6 rings (SSSR count). The van der Waals surface area contributed by atoms with Gasteiger partial charge in [0.05, 0.1) is 30.5 Å². The van der Waals surface area contributed by atoms with Gasteiger partial charge >= 0.3 is 5.97 Å². The van der Waals surface area contributed by atoms with E-state index < -0.39 is 12.0 Å². The van der Waals surface area contributed by atoms with Crippen molar-refractivity contribution in [2.75, 3.05) is 31.6 Å². The quantitative estimate of drug-likeness (QED) is 0.0849. The van der Waals surface area contributed by atoms with Gasteiger partial charge in [-0.25, -0.2) is 4.98 Å². The number of rotatable bonds is 16. The molecule has 3 amide bonds. The number of carbonyl (C=O) groups excluding carboxylic acids is 5. The number of nitrogens with zero attached hydrogens (tertiary/aromatic N) is 5. The topological polar surface area (TPSA) is 192 Å². The number of Topliss-reactive ketones (excluding diaryl/α,β-unsaturated/α-hetero) is 1. The fourth-order valence-electron chi connectivity index (χ4n) is 6.73. The van der Waals surface area contributed by atoms with Gasteiger partial charge in [0.1, 0.15) is 17.5 Å². The number of aromatic nitrogens is 3. The molecule has 0 bridgehead atoms. The van der Waals surface area contributed by atoms with Crippen molar-refractivity contribution in [1.82, 2.24) is 24.3 Å². The normalized spacial score (nSPS) is 15.1. The van der Waals surface area contributed by atoms with Crippen molar-refractivity contribution in [3.8, 4) is 16.9 Å². The first-order valence-corrected chi connectivity index (χ1v) is 18.8. The van der Waals surface area contributed by atoms with E-state index in [9.17, 15) is 24.0 Å². The van der Waals surface area contributed by atoms with Gasteiger partial charge in [0, 0.05) is 70.3 Å². The van der Waals surface area contributed by atoms with E-state index in [0.717, 1.165) is 41.6 Å². The van der Waals surface area contributed by atoms with Gasteiger partial charge in [0.15, 0.2) is 11.6 Å². The number of esters is 1. The molecule has 56 heavy (non-hydrogen) atoms. The highest BCUT2D eigenvalue weighted by molar-refractivity contribution is 6.03. The molecule has 0 aliphatic carbocycles. The third-order valence-corrected chi connectivity index (χ3v) is 9.78. The lowest BCUT2D eigenvalue weighted by molar-refractivity contribution is -0.144. The third-order valence-electron chi connectivity index (χ3n) is 9.78. The summed E-state index contributed by atoms with van der Waals surface area (Å²) < 4.78 is 14.4. The standard InChI is InChI=1S/C41H48N8O7/c1-25-18-31-32(44-22-30-8-5-15-49(30)40(31)53)21-35(25)55-16-6-9-37(51)45-36-24-48(4)38(46-36)34(50)19-27-10-12-28(13-11-27)29-20-33(47(3)23-29)39(52)43-14-7-17-56-41(54)26(2)42/h10-13,18,20-24,26,30H,5-9,14-17,19,42H2,1-4H3,(H,43,52)(H,45,51)/t26-,30-/m0/s1. The van der Waals surface area contributed by atoms with Crippen LogP contribution in [-0.2, 0) is 34.8 Å². The number of hydrogen-bond acceptors (Lipinski definition) is 10. The number of ether oxygens (including phenoxy) is 2. The lowest BCUT2D eigenvalue weighted by Gasteiger charge is -2.20. The summed E-state index contributed by atoms with van der Waals surface area (Å²) in [5.41, 5.74) is 10.5. The van der Waals surface area contributed by atoms with E-state index >= 15 is 0 Å². The molecule has 0 saturated carbocycles. The van der Waals surface area contributed by atoms with E-state index in [-0.39, 0.29) is 60.6 Å². The maximum absolute atomic E-state index is 13.2. The minimum atomic E-state index is -0.687. The molecule has 2 atom stereocenters. The summed E-state index contributed by atoms with van der Waals surface area (Å²) in [5.74, 6) is -0.0537. The number of nitrogens with two attached hydrogens (primary N) is 1. The number of carbonyl (C=O) groups is 5. The Morgan fingerprint density at radius 1 is 1.00 bits per heavy atom. The first kappa shape index (κ1) is 39.6. The van der Waals surface area contributed by atoms with Gasteiger partial charge in [-0.1, -0.05) is 24.3 Å². The fraction of sp³-hybridized carbons (Fsp3) is 0.390. The van der Waals surface area contributed by atoms with Crippen LogP contribution in [0.25, 0.3) is 11.1 Å². The fourth-order valence-corrected chi connectivity index (χ4v) is 6.73. The summed E-state index contributed by atoms with van der Waals surface area (Å²) in [7, 11) is 3.49. The Kier molecular flexibility index (Phi) is 12.4. The Morgan fingerprint density at radius 3 is 2.55 bits per heavy atom. The molecule has 2 aliphatic rings. The second-order valence-corrected chi connectivity index (χ2v) is 14.3. The van der Waals surface area contributed by atoms with E-state index in [2.05, 4.69) is 20.6 Å². The van der Waals surface area contributed by atoms with E-state index in [0.29, 0.717) is 48.7 Å². The number of aliphatic imine (C=N–C) groups is 1. The van der Waals surface area contributed by atoms with Crippen molar-refractivity contribution in [2.45, 2.75) is 64.5 Å². The average Bonchev–Trinajstić information content (AvgIpc) is 3.89. The Balaban J connectivity index is 0.951. The van der Waals surface area contributed by atoms with Crippen molar-refractivity contribution in [2.24, 2.45) is 24.8 Å². The van der Waals surface area contributed by atoms with Crippen LogP contribution in [0.1, 0.15) is 81.6 Å². The number of amides is 3. The van der Waals surface area contributed by atoms with Crippen molar-refractivity contribution in [1.29, 1.82) is 0 Å². The molecule has 0 spiro atoms. The highest BCUT2D eigenvalue weighted by Gasteiger charge is 2.32. The molecule has 2 aromatic carbocycles. The monoisotopic (exact) mass is 764 g/mol. The molecule has 4 N–H and O–H groups in total. The van der Waals surface area contributed by atoms with Crippen LogP contribution < -0.4 is 21.1 Å². The van der Waals surface area contributed by atoms with Crippen LogP contribution >= 0.6 is 0 Å². The number of ketones is 1. The van der Waals surface area contributed by atoms with Crippen molar-refractivity contribution in [3.63, 3.8) is 0 Å². The average molecular weight is 765 g/mol. The number of imidazole rings is 1. The van der Waals surface area contributed by atoms with Crippen molar-refractivity contribution < 1.29 is 33.4 Å². The number of benzene rings is 2. The lowest BCUT2D eigenvalue weighted by Crippen LogP contribution is -2.35. The summed E-state index contributed by atoms with van der Waals surface area (Å²) in [5, 5.41) is 5.61. The maximum atomic E-state index is 13.2. The van der Waals surface area contributed by atoms with Crippen LogP contribution in [0.5, 0.6) is 5.75 Å². The highest BCUT2D eigenvalue weighted by atomic mass is 16.5. The molecular formula is C41H48N8O7. The predicted octanol–water partition coefficient (Wildman–Crippen LogP) is 4.29. The molecule has 1 fully saturated rings. The van der Waals surface area contributed by atoms with E-state index in [1.165, 1.54) is 0 Å². The first-order valence-electron chi connectivity index (χ1n) is 18.8.